The summed E-state index contributed by atoms with van der Waals surface area (Å²) in [4.78, 5) is 8.99. The first-order valence-electron chi connectivity index (χ1n) is 6.67. The molecule has 2 radical (unpaired) electrons. The molecule has 0 saturated heterocycles. The maximum absolute atomic E-state index is 4.59. The predicted molar refractivity (Wildman–Crippen MR) is 90.5 cm³/mol. The molecule has 4 heteroatoms. The normalized spacial score (nSPS) is 11.3. The van der Waals surface area contributed by atoms with Crippen molar-refractivity contribution in [1.82, 2.24) is 9.97 Å². The second-order valence-electron chi connectivity index (χ2n) is 4.97. The van der Waals surface area contributed by atoms with E-state index in [1.807, 2.05) is 18.3 Å². The van der Waals surface area contributed by atoms with E-state index in [0.29, 0.717) is 0 Å². The molecule has 0 aliphatic rings. The molecule has 2 aromatic carbocycles. The van der Waals surface area contributed by atoms with Crippen molar-refractivity contribution in [2.45, 2.75) is 6.92 Å². The molecule has 0 spiro atoms. The van der Waals surface area contributed by atoms with Gasteiger partial charge in [0.25, 0.3) is 0 Å². The zero-order valence-corrected chi connectivity index (χ0v) is 15.7. The van der Waals surface area contributed by atoms with E-state index in [1.165, 1.54) is 25.7 Å². The van der Waals surface area contributed by atoms with Gasteiger partial charge in [-0.15, -0.1) is 0 Å². The summed E-state index contributed by atoms with van der Waals surface area (Å²) in [5.74, 6) is 0.847. The molecule has 100 valence electrons. The van der Waals surface area contributed by atoms with Crippen LogP contribution in [0.1, 0.15) is 5.82 Å². The Morgan fingerprint density at radius 3 is 2.57 bits per heavy atom. The monoisotopic (exact) mass is 484 g/mol. The Kier molecular flexibility index (Phi) is 3.24. The van der Waals surface area contributed by atoms with Crippen LogP contribution in [-0.2, 0) is 0 Å². The van der Waals surface area contributed by atoms with Crippen molar-refractivity contribution in [3.8, 4) is 11.3 Å². The van der Waals surface area contributed by atoms with Gasteiger partial charge < -0.3 is 0 Å². The zero-order valence-electron chi connectivity index (χ0n) is 11.4. The van der Waals surface area contributed by atoms with Crippen LogP contribution >= 0.6 is 11.3 Å². The Labute approximate surface area is 141 Å². The number of benzene rings is 2. The molecule has 0 atom stereocenters. The molecule has 0 saturated carbocycles. The first kappa shape index (κ1) is 13.3. The van der Waals surface area contributed by atoms with Gasteiger partial charge in [-0.3, -0.25) is 0 Å². The summed E-state index contributed by atoms with van der Waals surface area (Å²) in [7, 11) is 0. The van der Waals surface area contributed by atoms with Crippen molar-refractivity contribution in [2.24, 2.45) is 0 Å². The molecule has 0 bridgehead atoms. The fourth-order valence-corrected chi connectivity index (χ4v) is 4.71. The minimum atomic E-state index is 0.847. The molecule has 0 N–H and O–H groups in total. The fraction of sp³-hybridized carbons (Fsp3) is 0.0588. The first-order valence-corrected chi connectivity index (χ1v) is 9.22. The Hall–Kier alpha value is -1.38. The topological polar surface area (TPSA) is 25.8 Å². The van der Waals surface area contributed by atoms with Crippen molar-refractivity contribution < 1.29 is 0 Å². The van der Waals surface area contributed by atoms with Crippen LogP contribution in [-0.4, -0.2) is 34.7 Å². The standard InChI is InChI=1S/C17H11N2S.Bi/c1-11-18-9-8-15(19-11)12-6-7-17-14(10-12)13-4-2-3-5-16(13)20-17;/h2-8,10H,1H3;. The quantitative estimate of drug-likeness (QED) is 0.386. The summed E-state index contributed by atoms with van der Waals surface area (Å²) < 4.78 is 3.79. The summed E-state index contributed by atoms with van der Waals surface area (Å²) in [6, 6.07) is 17.3. The Bertz CT molecular complexity index is 955. The molecule has 0 aliphatic heterocycles. The van der Waals surface area contributed by atoms with Crippen LogP contribution in [0.15, 0.2) is 48.5 Å². The minimum absolute atomic E-state index is 0.847. The van der Waals surface area contributed by atoms with Crippen molar-refractivity contribution >= 4 is 59.6 Å². The third-order valence-electron chi connectivity index (χ3n) is 3.50. The summed E-state index contributed by atoms with van der Waals surface area (Å²) in [5, 5.41) is 2.64. The molecule has 2 nitrogen and oxygen atoms in total. The zero-order chi connectivity index (χ0) is 14.4. The third kappa shape index (κ3) is 2.37. The van der Waals surface area contributed by atoms with E-state index in [9.17, 15) is 0 Å². The molecule has 0 aliphatic carbocycles. The number of fused-ring (bicyclic) bond motifs is 3. The van der Waals surface area contributed by atoms with Gasteiger partial charge in [-0.1, -0.05) is 0 Å². The van der Waals surface area contributed by atoms with Crippen LogP contribution < -0.4 is 3.40 Å². The number of rotatable bonds is 1. The second-order valence-corrected chi connectivity index (χ2v) is 7.83. The van der Waals surface area contributed by atoms with Gasteiger partial charge in [0.05, 0.1) is 0 Å². The van der Waals surface area contributed by atoms with Crippen LogP contribution in [0.5, 0.6) is 0 Å². The van der Waals surface area contributed by atoms with Gasteiger partial charge in [0, 0.05) is 0 Å². The number of hydrogen-bond acceptors (Lipinski definition) is 3. The van der Waals surface area contributed by atoms with Gasteiger partial charge in [0.2, 0.25) is 0 Å². The molecule has 21 heavy (non-hydrogen) atoms. The van der Waals surface area contributed by atoms with Gasteiger partial charge in [-0.05, 0) is 0 Å². The van der Waals surface area contributed by atoms with Gasteiger partial charge >= 0.3 is 142 Å². The van der Waals surface area contributed by atoms with E-state index in [4.69, 9.17) is 0 Å². The van der Waals surface area contributed by atoms with E-state index in [-0.39, 0.29) is 0 Å². The second kappa shape index (κ2) is 5.12. The first-order chi connectivity index (χ1) is 10.2. The van der Waals surface area contributed by atoms with Crippen LogP contribution in [0.3, 0.4) is 0 Å². The van der Waals surface area contributed by atoms with Gasteiger partial charge in [-0.25, -0.2) is 0 Å². The van der Waals surface area contributed by atoms with Gasteiger partial charge in [-0.2, -0.15) is 0 Å². The average Bonchev–Trinajstić information content (AvgIpc) is 2.84. The molecular weight excluding hydrogens is 473 g/mol. The summed E-state index contributed by atoms with van der Waals surface area (Å²) in [5.41, 5.74) is 2.20. The molecule has 2 heterocycles. The number of aryl methyl sites for hydroxylation is 1. The van der Waals surface area contributed by atoms with Crippen LogP contribution in [0.4, 0.5) is 0 Å². The number of hydrogen-bond donors (Lipinski definition) is 0. The molecular formula is C17H11BiN2S. The molecule has 4 rings (SSSR count). The average molecular weight is 484 g/mol. The van der Waals surface area contributed by atoms with Crippen molar-refractivity contribution in [2.75, 3.05) is 0 Å². The Balaban J connectivity index is 1.99. The van der Waals surface area contributed by atoms with Crippen molar-refractivity contribution in [1.29, 1.82) is 0 Å². The SMILES string of the molecule is Cc1n[c]([Bi])cc(-c2ccc3sc4ccccc4c3c2)n1. The Morgan fingerprint density at radius 1 is 0.905 bits per heavy atom. The van der Waals surface area contributed by atoms with E-state index in [1.54, 1.807) is 0 Å². The maximum atomic E-state index is 4.59. The van der Waals surface area contributed by atoms with Gasteiger partial charge in [0.1, 0.15) is 0 Å². The fourth-order valence-electron chi connectivity index (χ4n) is 2.59. The summed E-state index contributed by atoms with van der Waals surface area (Å²) >= 11 is 3.01. The molecule has 2 aromatic heterocycles. The number of thiophene rings is 1. The molecule has 0 fully saturated rings. The predicted octanol–water partition coefficient (Wildman–Crippen LogP) is 3.61. The van der Waals surface area contributed by atoms with E-state index in [2.05, 4.69) is 58.5 Å². The molecule has 0 unspecified atom stereocenters. The van der Waals surface area contributed by atoms with Crippen LogP contribution in [0.25, 0.3) is 31.4 Å². The van der Waals surface area contributed by atoms with E-state index >= 15 is 0 Å². The summed E-state index contributed by atoms with van der Waals surface area (Å²) in [6.45, 7) is 1.96. The van der Waals surface area contributed by atoms with Crippen LogP contribution in [0.2, 0.25) is 0 Å². The number of aromatic nitrogens is 2. The van der Waals surface area contributed by atoms with Gasteiger partial charge in [0.15, 0.2) is 0 Å². The van der Waals surface area contributed by atoms with E-state index < -0.39 is 0 Å². The van der Waals surface area contributed by atoms with Crippen LogP contribution in [0, 0.1) is 6.92 Å². The molecule has 4 aromatic rings. The Morgan fingerprint density at radius 2 is 1.71 bits per heavy atom. The van der Waals surface area contributed by atoms with Crippen molar-refractivity contribution in [3.05, 3.63) is 54.4 Å². The third-order valence-corrected chi connectivity index (χ3v) is 5.54. The van der Waals surface area contributed by atoms with Crippen molar-refractivity contribution in [3.63, 3.8) is 0 Å². The number of nitrogens with zero attached hydrogens (tertiary/aromatic N) is 2. The van der Waals surface area contributed by atoms with E-state index in [0.717, 1.165) is 39.6 Å². The summed E-state index contributed by atoms with van der Waals surface area (Å²) in [6.07, 6.45) is 0. The molecule has 0 amide bonds.